The fourth-order valence-electron chi connectivity index (χ4n) is 8.00. The van der Waals surface area contributed by atoms with Gasteiger partial charge in [-0.3, -0.25) is 0 Å². The van der Waals surface area contributed by atoms with E-state index < -0.39 is 5.60 Å². The molecular formula is C34H31NO3. The van der Waals surface area contributed by atoms with Crippen molar-refractivity contribution in [2.24, 2.45) is 17.3 Å². The molecule has 0 bridgehead atoms. The molecule has 1 aromatic heterocycles. The van der Waals surface area contributed by atoms with Crippen LogP contribution in [0.1, 0.15) is 66.4 Å². The highest BCUT2D eigenvalue weighted by atomic mass is 16.5. The number of benzene rings is 3. The summed E-state index contributed by atoms with van der Waals surface area (Å²) in [5.41, 5.74) is 3.45. The molecule has 0 amide bonds. The Kier molecular flexibility index (Phi) is 5.19. The molecule has 2 saturated carbocycles. The Labute approximate surface area is 223 Å². The Morgan fingerprint density at radius 2 is 1.87 bits per heavy atom. The van der Waals surface area contributed by atoms with E-state index in [9.17, 15) is 9.90 Å². The quantitative estimate of drug-likeness (QED) is 0.142. The van der Waals surface area contributed by atoms with E-state index >= 15 is 0 Å². The fraction of sp³-hybridized carbons (Fsp3) is 0.353. The maximum Gasteiger partial charge on any atom is 0.345 e. The standard InChI is InChI=1S/C34H31NO3/c1-3-34(37)18-16-29-27-13-11-21-20-24(12-14-25(21)26(27)15-17-33(29,34)2)38-32(36)28-9-6-8-23-19-22-7-4-5-10-30(22)35-31(23)28/h1,4-10,12,14,19-20,26-27,29,37H,11,13,15-18H2,2H3/t26-,27-,29+,33+,34+/m1/s1. The van der Waals surface area contributed by atoms with Crippen LogP contribution < -0.4 is 4.74 Å². The van der Waals surface area contributed by atoms with Crippen LogP contribution in [0.15, 0.2) is 66.7 Å². The Bertz CT molecular complexity index is 1650. The van der Waals surface area contributed by atoms with E-state index in [2.05, 4.69) is 31.0 Å². The van der Waals surface area contributed by atoms with E-state index in [0.717, 1.165) is 48.4 Å². The van der Waals surface area contributed by atoms with Crippen LogP contribution in [0.3, 0.4) is 0 Å². The van der Waals surface area contributed by atoms with Gasteiger partial charge in [0.15, 0.2) is 0 Å². The van der Waals surface area contributed by atoms with Crippen molar-refractivity contribution in [3.05, 3.63) is 83.4 Å². The van der Waals surface area contributed by atoms with Crippen molar-refractivity contribution in [2.75, 3.05) is 0 Å². The predicted octanol–water partition coefficient (Wildman–Crippen LogP) is 6.83. The number of hydrogen-bond donors (Lipinski definition) is 1. The van der Waals surface area contributed by atoms with Crippen LogP contribution in [0.4, 0.5) is 0 Å². The molecule has 4 heteroatoms. The second-order valence-corrected chi connectivity index (χ2v) is 11.7. The van der Waals surface area contributed by atoms with Crippen LogP contribution in [0.2, 0.25) is 0 Å². The normalized spacial score (nSPS) is 29.8. The monoisotopic (exact) mass is 501 g/mol. The number of hydrogen-bond acceptors (Lipinski definition) is 4. The molecule has 1 N–H and O–H groups in total. The van der Waals surface area contributed by atoms with E-state index in [4.69, 9.17) is 16.1 Å². The minimum Gasteiger partial charge on any atom is -0.423 e. The summed E-state index contributed by atoms with van der Waals surface area (Å²) in [6, 6.07) is 21.8. The first kappa shape index (κ1) is 23.4. The Hall–Kier alpha value is -3.68. The lowest BCUT2D eigenvalue weighted by molar-refractivity contribution is -0.0646. The largest absolute Gasteiger partial charge is 0.423 e. The van der Waals surface area contributed by atoms with Crippen LogP contribution in [-0.4, -0.2) is 21.7 Å². The molecule has 4 nitrogen and oxygen atoms in total. The molecule has 3 aliphatic rings. The molecule has 3 aliphatic carbocycles. The van der Waals surface area contributed by atoms with Crippen LogP contribution in [0.5, 0.6) is 5.75 Å². The van der Waals surface area contributed by atoms with Crippen LogP contribution in [0, 0.1) is 29.6 Å². The average molecular weight is 502 g/mol. The van der Waals surface area contributed by atoms with Gasteiger partial charge in [-0.1, -0.05) is 49.2 Å². The summed E-state index contributed by atoms with van der Waals surface area (Å²) in [5.74, 6) is 4.40. The van der Waals surface area contributed by atoms with Crippen molar-refractivity contribution < 1.29 is 14.6 Å². The lowest BCUT2D eigenvalue weighted by Crippen LogP contribution is -2.50. The maximum absolute atomic E-state index is 13.3. The number of pyridine rings is 1. The number of para-hydroxylation sites is 2. The summed E-state index contributed by atoms with van der Waals surface area (Å²) < 4.78 is 5.92. The highest BCUT2D eigenvalue weighted by Crippen LogP contribution is 2.64. The number of aliphatic hydroxyl groups is 1. The molecule has 0 radical (unpaired) electrons. The Morgan fingerprint density at radius 1 is 1.03 bits per heavy atom. The van der Waals surface area contributed by atoms with Crippen molar-refractivity contribution in [3.63, 3.8) is 0 Å². The van der Waals surface area contributed by atoms with E-state index in [1.165, 1.54) is 11.1 Å². The fourth-order valence-corrected chi connectivity index (χ4v) is 8.00. The molecule has 1 heterocycles. The number of nitrogens with zero attached hydrogens (tertiary/aromatic N) is 1. The van der Waals surface area contributed by atoms with E-state index in [0.29, 0.717) is 41.0 Å². The van der Waals surface area contributed by atoms with Gasteiger partial charge in [0.25, 0.3) is 0 Å². The second kappa shape index (κ2) is 8.41. The first-order valence-corrected chi connectivity index (χ1v) is 13.7. The molecule has 0 unspecified atom stereocenters. The van der Waals surface area contributed by atoms with Crippen molar-refractivity contribution in [1.82, 2.24) is 4.98 Å². The topological polar surface area (TPSA) is 59.4 Å². The number of carbonyl (C=O) groups excluding carboxylic acids is 1. The molecule has 7 rings (SSSR count). The Balaban J connectivity index is 1.16. The number of aryl methyl sites for hydroxylation is 1. The third-order valence-corrected chi connectivity index (χ3v) is 10.1. The van der Waals surface area contributed by atoms with E-state index in [-0.39, 0.29) is 11.4 Å². The molecule has 38 heavy (non-hydrogen) atoms. The summed E-state index contributed by atoms with van der Waals surface area (Å²) in [6.45, 7) is 2.21. The van der Waals surface area contributed by atoms with Crippen molar-refractivity contribution in [1.29, 1.82) is 0 Å². The van der Waals surface area contributed by atoms with Gasteiger partial charge in [-0.15, -0.1) is 6.42 Å². The van der Waals surface area contributed by atoms with Gasteiger partial charge in [0.2, 0.25) is 0 Å². The molecule has 0 aliphatic heterocycles. The van der Waals surface area contributed by atoms with Crippen molar-refractivity contribution in [2.45, 2.75) is 57.0 Å². The maximum atomic E-state index is 13.3. The number of aromatic nitrogens is 1. The first-order valence-electron chi connectivity index (χ1n) is 13.7. The minimum absolute atomic E-state index is 0.201. The number of terminal acetylenes is 1. The third kappa shape index (κ3) is 3.35. The van der Waals surface area contributed by atoms with Gasteiger partial charge in [0.05, 0.1) is 16.6 Å². The zero-order chi connectivity index (χ0) is 26.1. The van der Waals surface area contributed by atoms with Gasteiger partial charge in [-0.05, 0) is 97.7 Å². The van der Waals surface area contributed by atoms with Crippen LogP contribution in [0.25, 0.3) is 21.8 Å². The van der Waals surface area contributed by atoms with Crippen LogP contribution >= 0.6 is 0 Å². The summed E-state index contributed by atoms with van der Waals surface area (Å²) in [4.78, 5) is 18.1. The van der Waals surface area contributed by atoms with E-state index in [1.807, 2.05) is 42.5 Å². The summed E-state index contributed by atoms with van der Waals surface area (Å²) in [7, 11) is 0. The van der Waals surface area contributed by atoms with Crippen molar-refractivity contribution >= 4 is 27.8 Å². The SMILES string of the molecule is C#C[C@]1(O)CC[C@H]2[C@@H]3CCc4cc(OC(=O)c5cccc6cc7ccccc7nc56)ccc4[C@H]3CC[C@@]21C. The summed E-state index contributed by atoms with van der Waals surface area (Å²) in [6.07, 6.45) is 11.5. The van der Waals surface area contributed by atoms with Gasteiger partial charge in [-0.2, -0.15) is 0 Å². The van der Waals surface area contributed by atoms with Gasteiger partial charge in [0.1, 0.15) is 11.4 Å². The number of carbonyl (C=O) groups is 1. The Morgan fingerprint density at radius 3 is 2.74 bits per heavy atom. The number of ether oxygens (including phenoxy) is 1. The zero-order valence-corrected chi connectivity index (χ0v) is 21.6. The number of esters is 1. The molecule has 5 atom stereocenters. The lowest BCUT2D eigenvalue weighted by atomic mass is 9.53. The lowest BCUT2D eigenvalue weighted by Gasteiger charge is -2.52. The van der Waals surface area contributed by atoms with Gasteiger partial charge in [-0.25, -0.2) is 9.78 Å². The first-order chi connectivity index (χ1) is 18.4. The third-order valence-electron chi connectivity index (χ3n) is 10.1. The average Bonchev–Trinajstić information content (AvgIpc) is 3.22. The van der Waals surface area contributed by atoms with Gasteiger partial charge >= 0.3 is 5.97 Å². The molecule has 3 aromatic carbocycles. The molecule has 2 fully saturated rings. The molecular weight excluding hydrogens is 470 g/mol. The molecule has 190 valence electrons. The molecule has 0 spiro atoms. The molecule has 0 saturated heterocycles. The minimum atomic E-state index is -0.982. The highest BCUT2D eigenvalue weighted by Gasteiger charge is 2.61. The second-order valence-electron chi connectivity index (χ2n) is 11.7. The van der Waals surface area contributed by atoms with Crippen LogP contribution in [-0.2, 0) is 6.42 Å². The number of fused-ring (bicyclic) bond motifs is 7. The zero-order valence-electron chi connectivity index (χ0n) is 21.6. The smallest absolute Gasteiger partial charge is 0.345 e. The summed E-state index contributed by atoms with van der Waals surface area (Å²) in [5, 5.41) is 13.1. The number of rotatable bonds is 2. The van der Waals surface area contributed by atoms with Gasteiger partial charge in [0, 0.05) is 16.2 Å². The molecule has 4 aromatic rings. The highest BCUT2D eigenvalue weighted by molar-refractivity contribution is 6.06. The van der Waals surface area contributed by atoms with E-state index in [1.54, 1.807) is 6.07 Å². The van der Waals surface area contributed by atoms with Crippen molar-refractivity contribution in [3.8, 4) is 18.1 Å². The van der Waals surface area contributed by atoms with Gasteiger partial charge < -0.3 is 9.84 Å². The summed E-state index contributed by atoms with van der Waals surface area (Å²) >= 11 is 0. The predicted molar refractivity (Wildman–Crippen MR) is 149 cm³/mol.